The van der Waals surface area contributed by atoms with Crippen LogP contribution < -0.4 is 0 Å². The lowest BCUT2D eigenvalue weighted by Gasteiger charge is -2.18. The van der Waals surface area contributed by atoms with Gasteiger partial charge in [0.25, 0.3) is 0 Å². The second-order valence-corrected chi connectivity index (χ2v) is 8.06. The summed E-state index contributed by atoms with van der Waals surface area (Å²) >= 11 is 3.10. The number of benzene rings is 1. The van der Waals surface area contributed by atoms with Crippen molar-refractivity contribution in [2.75, 3.05) is 13.2 Å². The van der Waals surface area contributed by atoms with Crippen LogP contribution in [0.4, 0.5) is 0 Å². The summed E-state index contributed by atoms with van der Waals surface area (Å²) < 4.78 is 26.6. The molecule has 1 heterocycles. The van der Waals surface area contributed by atoms with E-state index in [4.69, 9.17) is 5.11 Å². The van der Waals surface area contributed by atoms with Gasteiger partial charge in [0.05, 0.1) is 23.7 Å². The quantitative estimate of drug-likeness (QED) is 0.832. The monoisotopic (exact) mass is 388 g/mol. The predicted molar refractivity (Wildman–Crippen MR) is 79.7 cm³/mol. The summed E-state index contributed by atoms with van der Waals surface area (Å²) in [4.78, 5) is 24.4. The van der Waals surface area contributed by atoms with Gasteiger partial charge < -0.3 is 10.0 Å². The zero-order valence-electron chi connectivity index (χ0n) is 11.4. The van der Waals surface area contributed by atoms with Crippen LogP contribution in [-0.4, -0.2) is 53.9 Å². The molecule has 1 aromatic carbocycles. The van der Waals surface area contributed by atoms with Crippen molar-refractivity contribution in [2.24, 2.45) is 0 Å². The van der Waals surface area contributed by atoms with Crippen LogP contribution in [0.5, 0.6) is 0 Å². The van der Waals surface area contributed by atoms with Crippen LogP contribution in [0.2, 0.25) is 0 Å². The predicted octanol–water partition coefficient (Wildman–Crippen LogP) is 1.10. The third-order valence-corrected chi connectivity index (χ3v) is 6.48. The van der Waals surface area contributed by atoms with Crippen LogP contribution in [-0.2, 0) is 14.8 Å². The van der Waals surface area contributed by atoms with E-state index in [9.17, 15) is 18.0 Å². The van der Waals surface area contributed by atoms with E-state index in [-0.39, 0.29) is 40.1 Å². The number of halogens is 1. The Hall–Kier alpha value is -1.45. The maximum Gasteiger partial charge on any atom is 0.335 e. The van der Waals surface area contributed by atoms with Crippen molar-refractivity contribution in [3.63, 3.8) is 0 Å². The number of rotatable bonds is 4. The highest BCUT2D eigenvalue weighted by atomic mass is 79.9. The number of carbonyl (C=O) groups excluding carboxylic acids is 1. The molecule has 1 saturated heterocycles. The lowest BCUT2D eigenvalue weighted by atomic mass is 10.2. The molecule has 9 heteroatoms. The fraction of sp³-hybridized carbons (Fsp3) is 0.385. The first-order valence-corrected chi connectivity index (χ1v) is 8.86. The van der Waals surface area contributed by atoms with Crippen molar-refractivity contribution < 1.29 is 23.1 Å². The fourth-order valence-electron chi connectivity index (χ4n) is 2.39. The van der Waals surface area contributed by atoms with Crippen LogP contribution in [0.25, 0.3) is 0 Å². The zero-order chi connectivity index (χ0) is 16.1. The molecule has 1 aliphatic carbocycles. The van der Waals surface area contributed by atoms with E-state index in [1.54, 1.807) is 4.90 Å². The Morgan fingerprint density at radius 1 is 1.32 bits per heavy atom. The molecule has 1 saturated carbocycles. The number of aromatic carboxylic acids is 1. The number of carboxylic acids is 1. The Morgan fingerprint density at radius 2 is 2.00 bits per heavy atom. The number of hydrogen-bond acceptors (Lipinski definition) is 4. The molecule has 2 aliphatic rings. The molecule has 118 valence electrons. The number of amides is 1. The van der Waals surface area contributed by atoms with E-state index < -0.39 is 16.0 Å². The third-order valence-electron chi connectivity index (χ3n) is 3.73. The van der Waals surface area contributed by atoms with Crippen molar-refractivity contribution in [2.45, 2.75) is 23.8 Å². The SMILES string of the molecule is O=C(O)c1ccc(S(=O)(=O)N2CC(=O)N(C3CC3)C2)c(Br)c1. The van der Waals surface area contributed by atoms with Crippen LogP contribution in [0.1, 0.15) is 23.2 Å². The molecule has 3 rings (SSSR count). The largest absolute Gasteiger partial charge is 0.478 e. The lowest BCUT2D eigenvalue weighted by Crippen LogP contribution is -2.32. The van der Waals surface area contributed by atoms with Crippen LogP contribution in [0.15, 0.2) is 27.6 Å². The molecule has 0 unspecified atom stereocenters. The maximum absolute atomic E-state index is 12.6. The van der Waals surface area contributed by atoms with Crippen LogP contribution in [0, 0.1) is 0 Å². The van der Waals surface area contributed by atoms with Gasteiger partial charge in [-0.15, -0.1) is 0 Å². The van der Waals surface area contributed by atoms with Crippen molar-refractivity contribution in [3.05, 3.63) is 28.2 Å². The molecule has 7 nitrogen and oxygen atoms in total. The third kappa shape index (κ3) is 2.64. The lowest BCUT2D eigenvalue weighted by molar-refractivity contribution is -0.127. The Kier molecular flexibility index (Phi) is 3.74. The number of carbonyl (C=O) groups is 2. The van der Waals surface area contributed by atoms with Gasteiger partial charge in [0, 0.05) is 10.5 Å². The van der Waals surface area contributed by atoms with E-state index in [0.29, 0.717) is 0 Å². The van der Waals surface area contributed by atoms with Crippen LogP contribution in [0.3, 0.4) is 0 Å². The molecule has 1 aromatic rings. The highest BCUT2D eigenvalue weighted by Crippen LogP contribution is 2.33. The number of sulfonamides is 1. The molecule has 1 aliphatic heterocycles. The van der Waals surface area contributed by atoms with Gasteiger partial charge in [0.2, 0.25) is 15.9 Å². The van der Waals surface area contributed by atoms with E-state index in [1.807, 2.05) is 0 Å². The Labute approximate surface area is 135 Å². The topological polar surface area (TPSA) is 95.0 Å². The molecule has 0 aromatic heterocycles. The molecule has 22 heavy (non-hydrogen) atoms. The Bertz CT molecular complexity index is 760. The normalized spacial score (nSPS) is 19.7. The van der Waals surface area contributed by atoms with Gasteiger partial charge >= 0.3 is 5.97 Å². The standard InChI is InChI=1S/C13H13BrN2O5S/c14-10-5-8(13(18)19)1-4-11(10)22(20,21)15-6-12(17)16(7-15)9-2-3-9/h1,4-5,9H,2-3,6-7H2,(H,18,19). The van der Waals surface area contributed by atoms with Crippen molar-refractivity contribution in [3.8, 4) is 0 Å². The first kappa shape index (κ1) is 15.4. The second-order valence-electron chi connectivity index (χ2n) is 5.30. The second kappa shape index (κ2) is 5.32. The summed E-state index contributed by atoms with van der Waals surface area (Å²) in [5, 5.41) is 8.92. The van der Waals surface area contributed by atoms with Crippen LogP contribution >= 0.6 is 15.9 Å². The first-order valence-electron chi connectivity index (χ1n) is 6.63. The summed E-state index contributed by atoms with van der Waals surface area (Å²) in [6.07, 6.45) is 1.83. The molecule has 0 spiro atoms. The maximum atomic E-state index is 12.6. The van der Waals surface area contributed by atoms with E-state index in [2.05, 4.69) is 15.9 Å². The summed E-state index contributed by atoms with van der Waals surface area (Å²) in [6.45, 7) is -0.120. The van der Waals surface area contributed by atoms with Crippen molar-refractivity contribution in [1.29, 1.82) is 0 Å². The average molecular weight is 389 g/mol. The minimum atomic E-state index is -3.85. The van der Waals surface area contributed by atoms with Gasteiger partial charge in [-0.3, -0.25) is 4.79 Å². The van der Waals surface area contributed by atoms with Crippen molar-refractivity contribution >= 4 is 37.8 Å². The average Bonchev–Trinajstić information content (AvgIpc) is 3.20. The molecule has 0 bridgehead atoms. The smallest absolute Gasteiger partial charge is 0.335 e. The summed E-state index contributed by atoms with van der Waals surface area (Å²) in [5.41, 5.74) is -0.0112. The molecule has 2 fully saturated rings. The molecule has 0 radical (unpaired) electrons. The van der Waals surface area contributed by atoms with Gasteiger partial charge in [0.1, 0.15) is 0 Å². The highest BCUT2D eigenvalue weighted by molar-refractivity contribution is 9.10. The highest BCUT2D eigenvalue weighted by Gasteiger charge is 2.43. The molecule has 1 N–H and O–H groups in total. The summed E-state index contributed by atoms with van der Waals surface area (Å²) in [5.74, 6) is -1.33. The molecule has 0 atom stereocenters. The van der Waals surface area contributed by atoms with Gasteiger partial charge in [-0.2, -0.15) is 4.31 Å². The number of nitrogens with zero attached hydrogens (tertiary/aromatic N) is 2. The minimum absolute atomic E-state index is 0.0112. The van der Waals surface area contributed by atoms with Gasteiger partial charge in [0.15, 0.2) is 0 Å². The summed E-state index contributed by atoms with van der Waals surface area (Å²) in [6, 6.07) is 3.88. The Balaban J connectivity index is 1.90. The summed E-state index contributed by atoms with van der Waals surface area (Å²) in [7, 11) is -3.85. The molecular weight excluding hydrogens is 376 g/mol. The van der Waals surface area contributed by atoms with E-state index >= 15 is 0 Å². The number of carboxylic acid groups (broad SMARTS) is 1. The van der Waals surface area contributed by atoms with Crippen molar-refractivity contribution in [1.82, 2.24) is 9.21 Å². The Morgan fingerprint density at radius 3 is 2.55 bits per heavy atom. The molecule has 1 amide bonds. The first-order chi connectivity index (χ1) is 10.3. The van der Waals surface area contributed by atoms with E-state index in [0.717, 1.165) is 17.1 Å². The van der Waals surface area contributed by atoms with Gasteiger partial charge in [-0.25, -0.2) is 13.2 Å². The molecular formula is C13H13BrN2O5S. The number of hydrogen-bond donors (Lipinski definition) is 1. The fourth-order valence-corrected chi connectivity index (χ4v) is 4.76. The van der Waals surface area contributed by atoms with Gasteiger partial charge in [-0.1, -0.05) is 0 Å². The minimum Gasteiger partial charge on any atom is -0.478 e. The van der Waals surface area contributed by atoms with E-state index in [1.165, 1.54) is 18.2 Å². The zero-order valence-corrected chi connectivity index (χ0v) is 13.8. The van der Waals surface area contributed by atoms with Gasteiger partial charge in [-0.05, 0) is 47.0 Å².